The Balaban J connectivity index is 1.64. The van der Waals surface area contributed by atoms with Crippen LogP contribution in [0.4, 0.5) is 11.4 Å². The molecule has 0 saturated carbocycles. The molecule has 2 aromatic rings. The van der Waals surface area contributed by atoms with Gasteiger partial charge in [0.2, 0.25) is 0 Å². The zero-order valence-electron chi connectivity index (χ0n) is 23.4. The number of nitro benzene ring substituents is 2. The molecule has 0 aromatic heterocycles. The SMILES string of the molecule is CC1=CC2=C(CCCC2)[CH]1[Zr]([O]c1ccccc1[N+](=O)[O-])([O]c1ccccc1[N+](=O)[O-])[CH]1C(C)=CC2=C1CCCC2. The Morgan fingerprint density at radius 1 is 0.659 bits per heavy atom. The van der Waals surface area contributed by atoms with Crippen molar-refractivity contribution < 1.29 is 36.6 Å². The van der Waals surface area contributed by atoms with E-state index in [0.717, 1.165) is 62.5 Å². The number of allylic oxidation sites excluding steroid dienone is 8. The van der Waals surface area contributed by atoms with Crippen molar-refractivity contribution >= 4 is 11.4 Å². The number of para-hydroxylation sites is 4. The van der Waals surface area contributed by atoms with Crippen molar-refractivity contribution in [2.24, 2.45) is 0 Å². The van der Waals surface area contributed by atoms with Gasteiger partial charge in [0.25, 0.3) is 0 Å². The van der Waals surface area contributed by atoms with Crippen molar-refractivity contribution in [2.45, 2.75) is 72.5 Å². The third kappa shape index (κ3) is 4.92. The van der Waals surface area contributed by atoms with E-state index in [2.05, 4.69) is 26.0 Å². The van der Waals surface area contributed by atoms with Crippen molar-refractivity contribution in [2.75, 3.05) is 0 Å². The predicted molar refractivity (Wildman–Crippen MR) is 153 cm³/mol. The Labute approximate surface area is 245 Å². The van der Waals surface area contributed by atoms with Crippen LogP contribution >= 0.6 is 0 Å². The molecule has 41 heavy (non-hydrogen) atoms. The standard InChI is InChI=1S/2C10H13.2C6H5NO3.Zr/c2*1-8-6-9-4-2-3-5-10(9)7-8;2*8-6-4-2-1-3-5(6)7(9)10;/h2*6-7H,2-5H2,1H3;2*1-4,8H;/q;;;;+2/p-2. The first-order valence-electron chi connectivity index (χ1n) is 14.4. The second-order valence-corrected chi connectivity index (χ2v) is 18.9. The maximum absolute atomic E-state index is 12.2. The monoisotopic (exact) mass is 632 g/mol. The molecule has 0 aliphatic heterocycles. The van der Waals surface area contributed by atoms with E-state index < -0.39 is 31.0 Å². The molecule has 2 aromatic carbocycles. The molecule has 0 spiro atoms. The zero-order chi connectivity index (χ0) is 28.7. The molecule has 0 saturated heterocycles. The van der Waals surface area contributed by atoms with Crippen molar-refractivity contribution in [1.29, 1.82) is 0 Å². The molecule has 212 valence electrons. The van der Waals surface area contributed by atoms with E-state index in [4.69, 9.17) is 5.63 Å². The summed E-state index contributed by atoms with van der Waals surface area (Å²) in [5, 5.41) is 24.4. The van der Waals surface area contributed by atoms with Crippen LogP contribution in [0.3, 0.4) is 0 Å². The van der Waals surface area contributed by atoms with Gasteiger partial charge in [0.05, 0.1) is 0 Å². The molecule has 8 nitrogen and oxygen atoms in total. The Bertz CT molecular complexity index is 1440. The maximum atomic E-state index is 12.2. The van der Waals surface area contributed by atoms with Gasteiger partial charge in [0.15, 0.2) is 0 Å². The first-order valence-corrected chi connectivity index (χ1v) is 19.3. The quantitative estimate of drug-likeness (QED) is 0.212. The minimum absolute atomic E-state index is 0.116. The first kappa shape index (κ1) is 27.8. The van der Waals surface area contributed by atoms with Gasteiger partial charge in [-0.2, -0.15) is 0 Å². The van der Waals surface area contributed by atoms with Gasteiger partial charge in [-0.1, -0.05) is 0 Å². The summed E-state index contributed by atoms with van der Waals surface area (Å²) in [5.41, 5.74) is 7.29. The molecule has 2 atom stereocenters. The Kier molecular flexibility index (Phi) is 7.58. The molecule has 4 aliphatic carbocycles. The average Bonchev–Trinajstić information content (AvgIpc) is 3.48. The number of rotatable bonds is 8. The molecule has 9 heteroatoms. The minimum atomic E-state index is -4.92. The molecular formula is C32H34N2O6Zr. The van der Waals surface area contributed by atoms with Crippen LogP contribution in [0.15, 0.2) is 94.1 Å². The fourth-order valence-corrected chi connectivity index (χ4v) is 19.6. The van der Waals surface area contributed by atoms with E-state index in [1.165, 1.54) is 34.4 Å². The fraction of sp³-hybridized carbons (Fsp3) is 0.375. The molecule has 6 rings (SSSR count). The van der Waals surface area contributed by atoms with Gasteiger partial charge in [0, 0.05) is 0 Å². The number of benzene rings is 2. The number of hydrogen-bond donors (Lipinski definition) is 0. The van der Waals surface area contributed by atoms with Crippen molar-refractivity contribution in [3.05, 3.63) is 114 Å². The number of nitrogens with zero attached hydrogens (tertiary/aromatic N) is 2. The van der Waals surface area contributed by atoms with Gasteiger partial charge >= 0.3 is 246 Å². The first-order chi connectivity index (χ1) is 19.8. The number of hydrogen-bond acceptors (Lipinski definition) is 6. The van der Waals surface area contributed by atoms with E-state index >= 15 is 0 Å². The zero-order valence-corrected chi connectivity index (χ0v) is 25.9. The summed E-state index contributed by atoms with van der Waals surface area (Å²) in [6.45, 7) is 4.23. The summed E-state index contributed by atoms with van der Waals surface area (Å²) in [4.78, 5) is 23.6. The predicted octanol–water partition coefficient (Wildman–Crippen LogP) is 9.18. The molecule has 2 unspecified atom stereocenters. The van der Waals surface area contributed by atoms with Crippen LogP contribution in [-0.2, 0) is 21.1 Å². The third-order valence-corrected chi connectivity index (χ3v) is 19.5. The average molecular weight is 634 g/mol. The summed E-state index contributed by atoms with van der Waals surface area (Å²) in [6, 6.07) is 13.0. The van der Waals surface area contributed by atoms with E-state index in [9.17, 15) is 20.2 Å². The third-order valence-electron chi connectivity index (χ3n) is 8.99. The molecule has 0 radical (unpaired) electrons. The Morgan fingerprint density at radius 2 is 1.05 bits per heavy atom. The van der Waals surface area contributed by atoms with Crippen LogP contribution in [0, 0.1) is 20.2 Å². The van der Waals surface area contributed by atoms with Crippen molar-refractivity contribution in [3.63, 3.8) is 0 Å². The van der Waals surface area contributed by atoms with E-state index in [1.54, 1.807) is 36.4 Å². The van der Waals surface area contributed by atoms with Crippen LogP contribution in [0.1, 0.15) is 65.2 Å². The molecular weight excluding hydrogens is 600 g/mol. The van der Waals surface area contributed by atoms with Gasteiger partial charge < -0.3 is 0 Å². The van der Waals surface area contributed by atoms with Crippen LogP contribution < -0.4 is 5.63 Å². The molecule has 0 heterocycles. The number of nitro groups is 2. The summed E-state index contributed by atoms with van der Waals surface area (Å²) in [5.74, 6) is 0.365. The van der Waals surface area contributed by atoms with Crippen molar-refractivity contribution in [3.8, 4) is 11.5 Å². The molecule has 0 N–H and O–H groups in total. The fourth-order valence-electron chi connectivity index (χ4n) is 7.44. The topological polar surface area (TPSA) is 105 Å². The molecule has 0 fully saturated rings. The van der Waals surface area contributed by atoms with Crippen LogP contribution in [0.2, 0.25) is 7.25 Å². The van der Waals surface area contributed by atoms with Gasteiger partial charge in [-0.05, 0) is 0 Å². The molecule has 0 amide bonds. The summed E-state index contributed by atoms with van der Waals surface area (Å²) in [7, 11) is 0. The van der Waals surface area contributed by atoms with Gasteiger partial charge in [-0.3, -0.25) is 0 Å². The van der Waals surface area contributed by atoms with E-state index in [0.29, 0.717) is 0 Å². The van der Waals surface area contributed by atoms with E-state index in [1.807, 2.05) is 0 Å². The summed E-state index contributed by atoms with van der Waals surface area (Å²) in [6.07, 6.45) is 12.7. The second-order valence-electron chi connectivity index (χ2n) is 11.5. The van der Waals surface area contributed by atoms with Gasteiger partial charge in [-0.25, -0.2) is 0 Å². The second kappa shape index (κ2) is 11.2. The molecule has 4 aliphatic rings. The van der Waals surface area contributed by atoms with Crippen LogP contribution in [0.25, 0.3) is 0 Å². The van der Waals surface area contributed by atoms with E-state index in [-0.39, 0.29) is 30.1 Å². The van der Waals surface area contributed by atoms with Crippen LogP contribution in [-0.4, -0.2) is 9.85 Å². The Morgan fingerprint density at radius 3 is 1.46 bits per heavy atom. The van der Waals surface area contributed by atoms with Gasteiger partial charge in [0.1, 0.15) is 0 Å². The summed E-state index contributed by atoms with van der Waals surface area (Å²) < 4.78 is 14.1. The van der Waals surface area contributed by atoms with Crippen molar-refractivity contribution in [1.82, 2.24) is 0 Å². The molecule has 0 bridgehead atoms. The normalized spacial score (nSPS) is 22.1. The van der Waals surface area contributed by atoms with Crippen LogP contribution in [0.5, 0.6) is 11.5 Å². The Hall–Kier alpha value is -3.32. The van der Waals surface area contributed by atoms with Gasteiger partial charge in [-0.15, -0.1) is 0 Å². The summed E-state index contributed by atoms with van der Waals surface area (Å²) >= 11 is -4.92.